The van der Waals surface area contributed by atoms with Crippen molar-refractivity contribution >= 4 is 28.5 Å². The number of pyridine rings is 1. The number of carbonyl (C=O) groups is 1. The molecular weight excluding hydrogens is 552 g/mol. The average Bonchev–Trinajstić information content (AvgIpc) is 3.00. The number of ether oxygens (including phenoxy) is 1. The highest BCUT2D eigenvalue weighted by atomic mass is 35.5. The van der Waals surface area contributed by atoms with Crippen LogP contribution in [0, 0.1) is 0 Å². The summed E-state index contributed by atoms with van der Waals surface area (Å²) in [6, 6.07) is 31.1. The molecule has 0 unspecified atom stereocenters. The second-order valence-corrected chi connectivity index (χ2v) is 10.6. The molecule has 0 spiro atoms. The molecule has 3 N–H and O–H groups in total. The summed E-state index contributed by atoms with van der Waals surface area (Å²) in [7, 11) is 0. The minimum absolute atomic E-state index is 0.0886. The predicted octanol–water partition coefficient (Wildman–Crippen LogP) is 6.52. The zero-order valence-electron chi connectivity index (χ0n) is 22.8. The molecule has 2 atom stereocenters. The van der Waals surface area contributed by atoms with Gasteiger partial charge in [-0.15, -0.1) is 0 Å². The van der Waals surface area contributed by atoms with Crippen molar-refractivity contribution < 1.29 is 24.9 Å². The predicted molar refractivity (Wildman–Crippen MR) is 163 cm³/mol. The van der Waals surface area contributed by atoms with E-state index in [1.54, 1.807) is 30.5 Å². The van der Waals surface area contributed by atoms with Crippen LogP contribution in [0.3, 0.4) is 0 Å². The number of nitrogens with zero attached hydrogens (tertiary/aromatic N) is 2. The highest BCUT2D eigenvalue weighted by molar-refractivity contribution is 6.30. The number of carboxylic acid groups (broad SMARTS) is 1. The van der Waals surface area contributed by atoms with Crippen molar-refractivity contribution in [2.75, 3.05) is 13.2 Å². The first-order valence-corrected chi connectivity index (χ1v) is 14.0. The molecule has 214 valence electrons. The topological polar surface area (TPSA) is 103 Å². The van der Waals surface area contributed by atoms with Crippen LogP contribution in [0.4, 0.5) is 0 Å². The SMILES string of the molecule is O=C(O)c1ccc2c(Oc3ccc(C[C@@H](CO)N(Cc4ccccc4)C[C@@H](O)c4cccc(Cl)c4)cc3)ccnc2c1. The summed E-state index contributed by atoms with van der Waals surface area (Å²) in [6.45, 7) is 0.790. The molecule has 0 radical (unpaired) electrons. The summed E-state index contributed by atoms with van der Waals surface area (Å²) in [6.07, 6.45) is 1.36. The van der Waals surface area contributed by atoms with Gasteiger partial charge in [-0.05, 0) is 71.6 Å². The summed E-state index contributed by atoms with van der Waals surface area (Å²) < 4.78 is 6.12. The van der Waals surface area contributed by atoms with E-state index in [1.807, 2.05) is 66.7 Å². The van der Waals surface area contributed by atoms with Crippen LogP contribution in [0.1, 0.15) is 33.2 Å². The van der Waals surface area contributed by atoms with Crippen LogP contribution < -0.4 is 4.74 Å². The van der Waals surface area contributed by atoms with Gasteiger partial charge in [-0.1, -0.05) is 66.2 Å². The van der Waals surface area contributed by atoms with E-state index in [9.17, 15) is 20.1 Å². The molecular formula is C34H31ClN2O5. The molecule has 0 saturated heterocycles. The molecule has 0 saturated carbocycles. The monoisotopic (exact) mass is 582 g/mol. The standard InChI is InChI=1S/C34H31ClN2O5/c35-27-8-4-7-25(18-27)32(39)21-37(20-24-5-2-1-3-6-24)28(22-38)17-23-9-12-29(13-10-23)42-33-15-16-36-31-19-26(34(40)41)11-14-30(31)33/h1-16,18-19,28,32,38-39H,17,20-22H2,(H,40,41)/t28-,32+/m0/s1. The molecule has 0 amide bonds. The number of hydrogen-bond acceptors (Lipinski definition) is 6. The fraction of sp³-hybridized carbons (Fsp3) is 0.176. The lowest BCUT2D eigenvalue weighted by Gasteiger charge is -2.32. The molecule has 0 aliphatic rings. The summed E-state index contributed by atoms with van der Waals surface area (Å²) in [5.41, 5.74) is 3.51. The molecule has 5 rings (SSSR count). The Morgan fingerprint density at radius 2 is 1.69 bits per heavy atom. The van der Waals surface area contributed by atoms with Gasteiger partial charge in [0.25, 0.3) is 0 Å². The van der Waals surface area contributed by atoms with Crippen molar-refractivity contribution in [3.05, 3.63) is 137 Å². The Morgan fingerprint density at radius 1 is 0.905 bits per heavy atom. The van der Waals surface area contributed by atoms with E-state index in [1.165, 1.54) is 12.1 Å². The Labute approximate surface area is 249 Å². The van der Waals surface area contributed by atoms with E-state index >= 15 is 0 Å². The number of aromatic carboxylic acids is 1. The van der Waals surface area contributed by atoms with Gasteiger partial charge in [-0.2, -0.15) is 0 Å². The first-order valence-electron chi connectivity index (χ1n) is 13.6. The number of fused-ring (bicyclic) bond motifs is 1. The van der Waals surface area contributed by atoms with Crippen molar-refractivity contribution in [1.29, 1.82) is 0 Å². The van der Waals surface area contributed by atoms with Crippen LogP contribution in [0.25, 0.3) is 10.9 Å². The average molecular weight is 583 g/mol. The third kappa shape index (κ3) is 7.32. The maximum absolute atomic E-state index is 11.3. The lowest BCUT2D eigenvalue weighted by molar-refractivity contribution is 0.0565. The maximum atomic E-state index is 11.3. The van der Waals surface area contributed by atoms with Crippen LogP contribution in [0.15, 0.2) is 109 Å². The van der Waals surface area contributed by atoms with Crippen molar-refractivity contribution in [3.8, 4) is 11.5 Å². The molecule has 1 heterocycles. The van der Waals surface area contributed by atoms with E-state index in [4.69, 9.17) is 16.3 Å². The third-order valence-electron chi connectivity index (χ3n) is 7.17. The molecule has 0 aliphatic heterocycles. The third-order valence-corrected chi connectivity index (χ3v) is 7.40. The minimum atomic E-state index is -1.01. The van der Waals surface area contributed by atoms with Gasteiger partial charge in [0.2, 0.25) is 0 Å². The smallest absolute Gasteiger partial charge is 0.335 e. The molecule has 0 bridgehead atoms. The number of rotatable bonds is 12. The lowest BCUT2D eigenvalue weighted by Crippen LogP contribution is -2.41. The number of aliphatic hydroxyl groups is 2. The lowest BCUT2D eigenvalue weighted by atomic mass is 10.0. The van der Waals surface area contributed by atoms with Gasteiger partial charge in [0.1, 0.15) is 11.5 Å². The van der Waals surface area contributed by atoms with Crippen molar-refractivity contribution in [2.24, 2.45) is 0 Å². The van der Waals surface area contributed by atoms with Gasteiger partial charge in [0.05, 0.1) is 23.8 Å². The van der Waals surface area contributed by atoms with Crippen molar-refractivity contribution in [2.45, 2.75) is 25.1 Å². The van der Waals surface area contributed by atoms with Crippen LogP contribution in [0.5, 0.6) is 11.5 Å². The second kappa shape index (κ2) is 13.6. The molecule has 0 fully saturated rings. The van der Waals surface area contributed by atoms with E-state index in [0.29, 0.717) is 46.9 Å². The summed E-state index contributed by atoms with van der Waals surface area (Å²) >= 11 is 6.16. The van der Waals surface area contributed by atoms with E-state index in [2.05, 4.69) is 9.88 Å². The maximum Gasteiger partial charge on any atom is 0.335 e. The molecule has 0 aliphatic carbocycles. The summed E-state index contributed by atoms with van der Waals surface area (Å²) in [5, 5.41) is 32.1. The number of carboxylic acids is 1. The number of hydrogen-bond donors (Lipinski definition) is 3. The fourth-order valence-electron chi connectivity index (χ4n) is 4.95. The normalized spacial score (nSPS) is 12.8. The molecule has 4 aromatic carbocycles. The summed E-state index contributed by atoms with van der Waals surface area (Å²) in [4.78, 5) is 17.7. The second-order valence-electron chi connectivity index (χ2n) is 10.1. The van der Waals surface area contributed by atoms with E-state index in [-0.39, 0.29) is 18.2 Å². The largest absolute Gasteiger partial charge is 0.478 e. The highest BCUT2D eigenvalue weighted by Gasteiger charge is 2.23. The number of halogens is 1. The summed E-state index contributed by atoms with van der Waals surface area (Å²) in [5.74, 6) is 0.177. The van der Waals surface area contributed by atoms with E-state index < -0.39 is 12.1 Å². The Bertz CT molecular complexity index is 1650. The number of aliphatic hydroxyl groups excluding tert-OH is 2. The highest BCUT2D eigenvalue weighted by Crippen LogP contribution is 2.30. The molecule has 42 heavy (non-hydrogen) atoms. The minimum Gasteiger partial charge on any atom is -0.478 e. The Kier molecular flexibility index (Phi) is 9.46. The quantitative estimate of drug-likeness (QED) is 0.154. The van der Waals surface area contributed by atoms with Gasteiger partial charge < -0.3 is 20.1 Å². The number of aromatic nitrogens is 1. The van der Waals surface area contributed by atoms with Gasteiger partial charge in [-0.3, -0.25) is 9.88 Å². The molecule has 5 aromatic rings. The van der Waals surface area contributed by atoms with Gasteiger partial charge in [-0.25, -0.2) is 4.79 Å². The van der Waals surface area contributed by atoms with Gasteiger partial charge in [0.15, 0.2) is 0 Å². The first kappa shape index (κ1) is 29.2. The molecule has 1 aromatic heterocycles. The van der Waals surface area contributed by atoms with Crippen LogP contribution in [0.2, 0.25) is 5.02 Å². The first-order chi connectivity index (χ1) is 20.4. The van der Waals surface area contributed by atoms with Crippen molar-refractivity contribution in [3.63, 3.8) is 0 Å². The van der Waals surface area contributed by atoms with Gasteiger partial charge in [0, 0.05) is 35.7 Å². The zero-order valence-corrected chi connectivity index (χ0v) is 23.6. The van der Waals surface area contributed by atoms with Crippen molar-refractivity contribution in [1.82, 2.24) is 9.88 Å². The fourth-order valence-corrected chi connectivity index (χ4v) is 5.15. The zero-order chi connectivity index (χ0) is 29.5. The number of benzene rings is 4. The van der Waals surface area contributed by atoms with Crippen LogP contribution >= 0.6 is 11.6 Å². The molecule has 7 nitrogen and oxygen atoms in total. The Balaban J connectivity index is 1.32. The Morgan fingerprint density at radius 3 is 2.40 bits per heavy atom. The Hall–Kier alpha value is -4.27. The van der Waals surface area contributed by atoms with Crippen LogP contribution in [-0.2, 0) is 13.0 Å². The van der Waals surface area contributed by atoms with E-state index in [0.717, 1.165) is 16.7 Å². The van der Waals surface area contributed by atoms with Gasteiger partial charge >= 0.3 is 5.97 Å². The molecule has 8 heteroatoms. The van der Waals surface area contributed by atoms with Crippen LogP contribution in [-0.4, -0.2) is 50.4 Å².